The highest BCUT2D eigenvalue weighted by molar-refractivity contribution is 6.61. The van der Waals surface area contributed by atoms with E-state index in [-0.39, 0.29) is 5.59 Å². The molecular formula is C14H23BN2O3. The Hall–Kier alpha value is -1.14. The smallest absolute Gasteiger partial charge is 0.471 e. The highest BCUT2D eigenvalue weighted by Crippen LogP contribution is 2.36. The van der Waals surface area contributed by atoms with E-state index < -0.39 is 50.4 Å². The Labute approximate surface area is 133 Å². The second kappa shape index (κ2) is 4.70. The highest BCUT2D eigenvalue weighted by atomic mass is 16.7. The van der Waals surface area contributed by atoms with Crippen LogP contribution < -0.4 is 10.3 Å². The molecule has 1 aromatic rings. The SMILES string of the molecule is [2H]C([2H])([2H])C(Oc1cnc(B2OC(C)(C)C(C)(C)O2)cn1)(C([2H])([2H])[2H])C([2H])([2H])[2H]. The lowest BCUT2D eigenvalue weighted by Crippen LogP contribution is -2.41. The van der Waals surface area contributed by atoms with Crippen LogP contribution in [0.5, 0.6) is 5.88 Å². The number of nitrogens with zero attached hydrogens (tertiary/aromatic N) is 2. The Kier molecular flexibility index (Phi) is 1.70. The van der Waals surface area contributed by atoms with Gasteiger partial charge in [0.15, 0.2) is 0 Å². The minimum atomic E-state index is -3.50. The van der Waals surface area contributed by atoms with Crippen LogP contribution in [0.1, 0.15) is 60.6 Å². The molecule has 5 nitrogen and oxygen atoms in total. The summed E-state index contributed by atoms with van der Waals surface area (Å²) in [4.78, 5) is 7.88. The van der Waals surface area contributed by atoms with Crippen molar-refractivity contribution in [1.82, 2.24) is 9.97 Å². The molecule has 1 aliphatic heterocycles. The molecule has 0 bridgehead atoms. The van der Waals surface area contributed by atoms with Gasteiger partial charge < -0.3 is 14.0 Å². The van der Waals surface area contributed by atoms with Crippen molar-refractivity contribution in [3.05, 3.63) is 12.4 Å². The fraction of sp³-hybridized carbons (Fsp3) is 0.714. The first kappa shape index (κ1) is 7.23. The van der Waals surface area contributed by atoms with Gasteiger partial charge in [0.05, 0.1) is 23.0 Å². The normalized spacial score (nSPS) is 29.6. The van der Waals surface area contributed by atoms with Crippen molar-refractivity contribution < 1.29 is 26.4 Å². The Morgan fingerprint density at radius 3 is 2.15 bits per heavy atom. The molecule has 0 aliphatic carbocycles. The molecule has 0 aromatic carbocycles. The average Bonchev–Trinajstić information content (AvgIpc) is 2.69. The summed E-state index contributed by atoms with van der Waals surface area (Å²) in [6.07, 6.45) is 2.10. The van der Waals surface area contributed by atoms with E-state index in [1.807, 2.05) is 27.7 Å². The third-order valence-electron chi connectivity index (χ3n) is 3.40. The van der Waals surface area contributed by atoms with Gasteiger partial charge in [-0.3, -0.25) is 4.98 Å². The van der Waals surface area contributed by atoms with Crippen molar-refractivity contribution in [2.45, 2.75) is 65.1 Å². The van der Waals surface area contributed by atoms with Crippen LogP contribution in [0.15, 0.2) is 12.4 Å². The summed E-state index contributed by atoms with van der Waals surface area (Å²) in [6.45, 7) is -3.14. The third kappa shape index (κ3) is 3.12. The average molecular weight is 287 g/mol. The molecule has 0 spiro atoms. The quantitative estimate of drug-likeness (QED) is 0.778. The van der Waals surface area contributed by atoms with Gasteiger partial charge in [0.2, 0.25) is 5.88 Å². The van der Waals surface area contributed by atoms with Gasteiger partial charge in [-0.1, -0.05) is 0 Å². The highest BCUT2D eigenvalue weighted by Gasteiger charge is 2.52. The van der Waals surface area contributed by atoms with Gasteiger partial charge in [-0.2, -0.15) is 0 Å². The van der Waals surface area contributed by atoms with Crippen LogP contribution in [0.3, 0.4) is 0 Å². The number of ether oxygens (including phenoxy) is 1. The minimum absolute atomic E-state index is 0.234. The maximum Gasteiger partial charge on any atom is 0.516 e. The van der Waals surface area contributed by atoms with Crippen LogP contribution in [0.25, 0.3) is 0 Å². The van der Waals surface area contributed by atoms with Gasteiger partial charge in [-0.25, -0.2) is 4.98 Å². The van der Waals surface area contributed by atoms with Crippen LogP contribution in [-0.2, 0) is 9.31 Å². The summed E-state index contributed by atoms with van der Waals surface area (Å²) in [5.74, 6) is -0.561. The fourth-order valence-corrected chi connectivity index (χ4v) is 1.62. The fourth-order valence-electron chi connectivity index (χ4n) is 1.62. The van der Waals surface area contributed by atoms with Crippen molar-refractivity contribution in [1.29, 1.82) is 0 Å². The molecular weight excluding hydrogens is 255 g/mol. The zero-order valence-electron chi connectivity index (χ0n) is 20.9. The molecule has 2 heterocycles. The molecule has 1 aliphatic rings. The zero-order valence-corrected chi connectivity index (χ0v) is 11.9. The molecule has 0 unspecified atom stereocenters. The lowest BCUT2D eigenvalue weighted by molar-refractivity contribution is 0.00578. The molecule has 0 saturated carbocycles. The molecule has 1 aromatic heterocycles. The van der Waals surface area contributed by atoms with Crippen molar-refractivity contribution in [3.63, 3.8) is 0 Å². The Balaban J connectivity index is 2.38. The summed E-state index contributed by atoms with van der Waals surface area (Å²) in [6, 6.07) is 0. The monoisotopic (exact) mass is 287 g/mol. The number of rotatable bonds is 2. The second-order valence-corrected chi connectivity index (χ2v) is 5.65. The summed E-state index contributed by atoms with van der Waals surface area (Å²) >= 11 is 0. The van der Waals surface area contributed by atoms with Crippen LogP contribution in [0, 0.1) is 0 Å². The van der Waals surface area contributed by atoms with E-state index in [9.17, 15) is 0 Å². The van der Waals surface area contributed by atoms with Crippen molar-refractivity contribution in [3.8, 4) is 5.88 Å². The third-order valence-corrected chi connectivity index (χ3v) is 3.40. The van der Waals surface area contributed by atoms with Crippen LogP contribution in [0.2, 0.25) is 0 Å². The minimum Gasteiger partial charge on any atom is -0.471 e. The topological polar surface area (TPSA) is 53.5 Å². The van der Waals surface area contributed by atoms with Gasteiger partial charge in [-0.15, -0.1) is 0 Å². The number of aromatic nitrogens is 2. The summed E-state index contributed by atoms with van der Waals surface area (Å²) in [5, 5.41) is 0. The van der Waals surface area contributed by atoms with Crippen LogP contribution >= 0.6 is 0 Å². The summed E-state index contributed by atoms with van der Waals surface area (Å²) < 4.78 is 84.8. The number of hydrogen-bond acceptors (Lipinski definition) is 5. The molecule has 1 fully saturated rings. The van der Waals surface area contributed by atoms with E-state index in [1.54, 1.807) is 0 Å². The zero-order chi connectivity index (χ0) is 22.7. The van der Waals surface area contributed by atoms with Crippen molar-refractivity contribution >= 4 is 12.7 Å². The van der Waals surface area contributed by atoms with E-state index >= 15 is 0 Å². The van der Waals surface area contributed by atoms with Crippen LogP contribution in [0.4, 0.5) is 0 Å². The van der Waals surface area contributed by atoms with Gasteiger partial charge in [0.25, 0.3) is 0 Å². The molecule has 2 rings (SSSR count). The molecule has 1 saturated heterocycles. The van der Waals surface area contributed by atoms with E-state index in [0.29, 0.717) is 0 Å². The van der Waals surface area contributed by atoms with E-state index in [0.717, 1.165) is 12.4 Å². The van der Waals surface area contributed by atoms with Gasteiger partial charge in [-0.05, 0) is 48.3 Å². The standard InChI is InChI=1S/C14H23BN2O3/c1-12(2,3)18-11-9-16-10(8-17-11)15-19-13(4,5)14(6,7)20-15/h8-9H,1-7H3/i1D3,2D3,3D3. The van der Waals surface area contributed by atoms with Gasteiger partial charge in [0, 0.05) is 18.5 Å². The first-order valence-corrected chi connectivity index (χ1v) is 6.12. The lowest BCUT2D eigenvalue weighted by Gasteiger charge is -2.32. The lowest BCUT2D eigenvalue weighted by atomic mass is 9.85. The summed E-state index contributed by atoms with van der Waals surface area (Å²) in [5.41, 5.74) is -4.51. The second-order valence-electron chi connectivity index (χ2n) is 5.65. The predicted octanol–water partition coefficient (Wildman–Crippen LogP) is 1.95. The Bertz CT molecular complexity index is 693. The van der Waals surface area contributed by atoms with E-state index in [1.165, 1.54) is 0 Å². The van der Waals surface area contributed by atoms with Crippen LogP contribution in [-0.4, -0.2) is 33.9 Å². The van der Waals surface area contributed by atoms with E-state index in [4.69, 9.17) is 26.4 Å². The maximum atomic E-state index is 7.56. The van der Waals surface area contributed by atoms with E-state index in [2.05, 4.69) is 9.97 Å². The molecule has 6 heteroatoms. The van der Waals surface area contributed by atoms with Crippen molar-refractivity contribution in [2.75, 3.05) is 0 Å². The Morgan fingerprint density at radius 2 is 1.70 bits per heavy atom. The summed E-state index contributed by atoms with van der Waals surface area (Å²) in [7, 11) is -0.862. The largest absolute Gasteiger partial charge is 0.516 e. The van der Waals surface area contributed by atoms with Gasteiger partial charge in [0.1, 0.15) is 5.60 Å². The predicted molar refractivity (Wildman–Crippen MR) is 78.1 cm³/mol. The van der Waals surface area contributed by atoms with Crippen molar-refractivity contribution in [2.24, 2.45) is 0 Å². The molecule has 0 radical (unpaired) electrons. The van der Waals surface area contributed by atoms with Gasteiger partial charge >= 0.3 is 7.12 Å². The molecule has 0 atom stereocenters. The molecule has 20 heavy (non-hydrogen) atoms. The Morgan fingerprint density at radius 1 is 1.10 bits per heavy atom. The first-order chi connectivity index (χ1) is 12.8. The molecule has 0 N–H and O–H groups in total. The molecule has 0 amide bonds. The maximum absolute atomic E-state index is 7.56. The number of hydrogen-bond donors (Lipinski definition) is 0. The first-order valence-electron chi connectivity index (χ1n) is 10.6. The molecule has 110 valence electrons.